The fraction of sp³-hybridized carbons (Fsp3) is 0.357. The molecule has 90 valence electrons. The van der Waals surface area contributed by atoms with E-state index in [0.29, 0.717) is 12.1 Å². The van der Waals surface area contributed by atoms with Crippen molar-refractivity contribution < 1.29 is 0 Å². The monoisotopic (exact) mass is 246 g/mol. The molecule has 0 saturated carbocycles. The number of hydrogen-bond acceptors (Lipinski definition) is 3. The van der Waals surface area contributed by atoms with E-state index in [4.69, 9.17) is 0 Å². The SMILES string of the molecule is Cc1cccc([C@H](C)NC(C)c2nccs2)c1. The highest BCUT2D eigenvalue weighted by atomic mass is 32.1. The molecule has 2 nitrogen and oxygen atoms in total. The van der Waals surface area contributed by atoms with Crippen LogP contribution in [0.3, 0.4) is 0 Å². The molecule has 0 spiro atoms. The molecule has 17 heavy (non-hydrogen) atoms. The number of aromatic nitrogens is 1. The average Bonchev–Trinajstić information content (AvgIpc) is 2.82. The zero-order valence-corrected chi connectivity index (χ0v) is 11.3. The second-order valence-electron chi connectivity index (χ2n) is 4.39. The molecule has 0 radical (unpaired) electrons. The van der Waals surface area contributed by atoms with Gasteiger partial charge in [0.25, 0.3) is 0 Å². The van der Waals surface area contributed by atoms with Crippen LogP contribution in [0.5, 0.6) is 0 Å². The van der Waals surface area contributed by atoms with Gasteiger partial charge in [-0.2, -0.15) is 0 Å². The molecule has 2 atom stereocenters. The molecule has 1 aromatic heterocycles. The lowest BCUT2D eigenvalue weighted by atomic mass is 10.1. The third-order valence-corrected chi connectivity index (χ3v) is 3.82. The van der Waals surface area contributed by atoms with Crippen molar-refractivity contribution in [1.29, 1.82) is 0 Å². The second-order valence-corrected chi connectivity index (χ2v) is 5.32. The predicted molar refractivity (Wildman–Crippen MR) is 73.3 cm³/mol. The largest absolute Gasteiger partial charge is 0.302 e. The van der Waals surface area contributed by atoms with Crippen molar-refractivity contribution in [2.45, 2.75) is 32.9 Å². The molecule has 3 heteroatoms. The van der Waals surface area contributed by atoms with Crippen LogP contribution < -0.4 is 5.32 Å². The Bertz CT molecular complexity index is 465. The lowest BCUT2D eigenvalue weighted by Gasteiger charge is -2.19. The Balaban J connectivity index is 2.04. The molecule has 1 heterocycles. The topological polar surface area (TPSA) is 24.9 Å². The normalized spacial score (nSPS) is 14.5. The van der Waals surface area contributed by atoms with Crippen molar-refractivity contribution in [2.24, 2.45) is 0 Å². The van der Waals surface area contributed by atoms with Gasteiger partial charge in [0, 0.05) is 17.6 Å². The Morgan fingerprint density at radius 1 is 1.24 bits per heavy atom. The molecule has 0 aliphatic heterocycles. The summed E-state index contributed by atoms with van der Waals surface area (Å²) in [5.41, 5.74) is 2.63. The minimum absolute atomic E-state index is 0.297. The Morgan fingerprint density at radius 3 is 2.71 bits per heavy atom. The van der Waals surface area contributed by atoms with Crippen LogP contribution in [0.1, 0.15) is 42.1 Å². The Hall–Kier alpha value is -1.19. The standard InChI is InChI=1S/C14H18N2S/c1-10-5-4-6-13(9-10)11(2)16-12(3)14-15-7-8-17-14/h4-9,11-12,16H,1-3H3/t11-,12?/m0/s1. The van der Waals surface area contributed by atoms with Crippen molar-refractivity contribution in [2.75, 3.05) is 0 Å². The van der Waals surface area contributed by atoms with Crippen molar-refractivity contribution in [3.05, 3.63) is 52.0 Å². The van der Waals surface area contributed by atoms with Crippen molar-refractivity contribution in [1.82, 2.24) is 10.3 Å². The molecule has 2 rings (SSSR count). The number of aryl methyl sites for hydroxylation is 1. The van der Waals surface area contributed by atoms with E-state index in [1.165, 1.54) is 11.1 Å². The minimum atomic E-state index is 0.297. The summed E-state index contributed by atoms with van der Waals surface area (Å²) in [6, 6.07) is 9.27. The lowest BCUT2D eigenvalue weighted by molar-refractivity contribution is 0.493. The molecular weight excluding hydrogens is 228 g/mol. The number of hydrogen-bond donors (Lipinski definition) is 1. The van der Waals surface area contributed by atoms with E-state index < -0.39 is 0 Å². The quantitative estimate of drug-likeness (QED) is 0.886. The predicted octanol–water partition coefficient (Wildman–Crippen LogP) is 3.86. The summed E-state index contributed by atoms with van der Waals surface area (Å²) in [5, 5.41) is 6.74. The molecule has 1 N–H and O–H groups in total. The maximum absolute atomic E-state index is 4.34. The first-order valence-electron chi connectivity index (χ1n) is 5.89. The van der Waals surface area contributed by atoms with Crippen LogP contribution in [-0.2, 0) is 0 Å². The van der Waals surface area contributed by atoms with E-state index >= 15 is 0 Å². The van der Waals surface area contributed by atoms with Crippen LogP contribution in [0, 0.1) is 6.92 Å². The second kappa shape index (κ2) is 5.43. The van der Waals surface area contributed by atoms with Crippen molar-refractivity contribution in [3.8, 4) is 0 Å². The van der Waals surface area contributed by atoms with Crippen LogP contribution in [0.15, 0.2) is 35.8 Å². The molecule has 0 bridgehead atoms. The molecule has 0 aliphatic carbocycles. The average molecular weight is 246 g/mol. The molecule has 2 aromatic rings. The summed E-state index contributed by atoms with van der Waals surface area (Å²) in [7, 11) is 0. The number of benzene rings is 1. The van der Waals surface area contributed by atoms with Crippen LogP contribution in [0.25, 0.3) is 0 Å². The first-order valence-corrected chi connectivity index (χ1v) is 6.77. The molecule has 0 amide bonds. The first kappa shape index (κ1) is 12.3. The highest BCUT2D eigenvalue weighted by Gasteiger charge is 2.12. The summed E-state index contributed by atoms with van der Waals surface area (Å²) in [5.74, 6) is 0. The van der Waals surface area contributed by atoms with E-state index in [1.54, 1.807) is 11.3 Å². The Kier molecular flexibility index (Phi) is 3.92. The van der Waals surface area contributed by atoms with Gasteiger partial charge >= 0.3 is 0 Å². The third kappa shape index (κ3) is 3.14. The molecule has 0 aliphatic rings. The summed E-state index contributed by atoms with van der Waals surface area (Å²) >= 11 is 1.70. The van der Waals surface area contributed by atoms with Crippen molar-refractivity contribution >= 4 is 11.3 Å². The van der Waals surface area contributed by atoms with Crippen LogP contribution in [-0.4, -0.2) is 4.98 Å². The molecular formula is C14H18N2S. The van der Waals surface area contributed by atoms with Gasteiger partial charge in [-0.25, -0.2) is 4.98 Å². The number of thiazole rings is 1. The highest BCUT2D eigenvalue weighted by Crippen LogP contribution is 2.21. The van der Waals surface area contributed by atoms with Gasteiger partial charge in [-0.1, -0.05) is 29.8 Å². The minimum Gasteiger partial charge on any atom is -0.302 e. The van der Waals surface area contributed by atoms with E-state index in [2.05, 4.69) is 55.3 Å². The van der Waals surface area contributed by atoms with Crippen LogP contribution >= 0.6 is 11.3 Å². The zero-order chi connectivity index (χ0) is 12.3. The molecule has 1 aromatic carbocycles. The van der Waals surface area contributed by atoms with Gasteiger partial charge in [0.15, 0.2) is 0 Å². The lowest BCUT2D eigenvalue weighted by Crippen LogP contribution is -2.22. The van der Waals surface area contributed by atoms with E-state index in [9.17, 15) is 0 Å². The number of rotatable bonds is 4. The van der Waals surface area contributed by atoms with E-state index in [-0.39, 0.29) is 0 Å². The maximum atomic E-state index is 4.34. The molecule has 0 fully saturated rings. The van der Waals surface area contributed by atoms with E-state index in [0.717, 1.165) is 5.01 Å². The molecule has 1 unspecified atom stereocenters. The van der Waals surface area contributed by atoms with Gasteiger partial charge < -0.3 is 5.32 Å². The summed E-state index contributed by atoms with van der Waals surface area (Å²) < 4.78 is 0. The van der Waals surface area contributed by atoms with Crippen LogP contribution in [0.2, 0.25) is 0 Å². The highest BCUT2D eigenvalue weighted by molar-refractivity contribution is 7.09. The fourth-order valence-electron chi connectivity index (χ4n) is 1.93. The maximum Gasteiger partial charge on any atom is 0.109 e. The summed E-state index contributed by atoms with van der Waals surface area (Å²) in [6.07, 6.45) is 1.86. The van der Waals surface area contributed by atoms with Crippen molar-refractivity contribution in [3.63, 3.8) is 0 Å². The summed E-state index contributed by atoms with van der Waals surface area (Å²) in [6.45, 7) is 6.48. The van der Waals surface area contributed by atoms with Crippen LogP contribution in [0.4, 0.5) is 0 Å². The first-order chi connectivity index (χ1) is 8.16. The van der Waals surface area contributed by atoms with Gasteiger partial charge in [-0.05, 0) is 26.3 Å². The number of nitrogens with one attached hydrogen (secondary N) is 1. The fourth-order valence-corrected chi connectivity index (χ4v) is 2.59. The van der Waals surface area contributed by atoms with E-state index in [1.807, 2.05) is 11.6 Å². The van der Waals surface area contributed by atoms with Gasteiger partial charge in [0.1, 0.15) is 5.01 Å². The zero-order valence-electron chi connectivity index (χ0n) is 10.5. The van der Waals surface area contributed by atoms with Gasteiger partial charge in [0.2, 0.25) is 0 Å². The van der Waals surface area contributed by atoms with Gasteiger partial charge in [-0.3, -0.25) is 0 Å². The van der Waals surface area contributed by atoms with Gasteiger partial charge in [-0.15, -0.1) is 11.3 Å². The summed E-state index contributed by atoms with van der Waals surface area (Å²) in [4.78, 5) is 4.34. The molecule has 0 saturated heterocycles. The van der Waals surface area contributed by atoms with Gasteiger partial charge in [0.05, 0.1) is 6.04 Å². The smallest absolute Gasteiger partial charge is 0.109 e. The Labute approximate surface area is 107 Å². The third-order valence-electron chi connectivity index (χ3n) is 2.86. The number of nitrogens with zero attached hydrogens (tertiary/aromatic N) is 1. The Morgan fingerprint density at radius 2 is 2.06 bits per heavy atom.